The molecule has 1 aliphatic heterocycles. The molecule has 2 aliphatic rings. The van der Waals surface area contributed by atoms with Gasteiger partial charge in [-0.05, 0) is 32.3 Å². The van der Waals surface area contributed by atoms with Crippen molar-refractivity contribution in [2.45, 2.75) is 64.0 Å². The number of carbonyl (C=O) groups excluding carboxylic acids is 1. The Balaban J connectivity index is 1.85. The molecular formula is C22H27N3O3. The molecule has 4 rings (SSSR count). The standard InChI is InChI=1S/C22H27N3O3/c1-14-7-6-8-16(11-14)22(9-4-5-10-22)12-17-23-20(27)19(26)18-21(28)24(3)15(2)13-25(17)18/h6-8,11,15,26H,4-5,9-10,12-13H2,1-3H3/t15-/m0/s1. The minimum Gasteiger partial charge on any atom is -0.501 e. The Kier molecular flexibility index (Phi) is 4.52. The van der Waals surface area contributed by atoms with Crippen LogP contribution in [0.2, 0.25) is 0 Å². The van der Waals surface area contributed by atoms with Crippen LogP contribution in [0, 0.1) is 6.92 Å². The molecule has 1 aromatic heterocycles. The van der Waals surface area contributed by atoms with E-state index in [0.29, 0.717) is 18.8 Å². The number of amides is 1. The van der Waals surface area contributed by atoms with Crippen LogP contribution in [0.4, 0.5) is 0 Å². The Bertz CT molecular complexity index is 989. The van der Waals surface area contributed by atoms with Gasteiger partial charge < -0.3 is 14.6 Å². The summed E-state index contributed by atoms with van der Waals surface area (Å²) in [7, 11) is 1.70. The molecule has 2 aromatic rings. The van der Waals surface area contributed by atoms with Crippen LogP contribution in [0.15, 0.2) is 29.1 Å². The van der Waals surface area contributed by atoms with Crippen LogP contribution in [0.5, 0.6) is 5.75 Å². The average molecular weight is 381 g/mol. The maximum atomic E-state index is 12.8. The molecule has 1 aromatic carbocycles. The summed E-state index contributed by atoms with van der Waals surface area (Å²) in [5, 5.41) is 10.3. The number of aromatic nitrogens is 2. The monoisotopic (exact) mass is 381 g/mol. The first kappa shape index (κ1) is 18.7. The van der Waals surface area contributed by atoms with E-state index in [1.165, 1.54) is 11.1 Å². The number of carbonyl (C=O) groups is 1. The van der Waals surface area contributed by atoms with Gasteiger partial charge in [0.15, 0.2) is 5.69 Å². The quantitative estimate of drug-likeness (QED) is 0.887. The third-order valence-electron chi connectivity index (χ3n) is 6.56. The van der Waals surface area contributed by atoms with Crippen molar-refractivity contribution in [2.24, 2.45) is 0 Å². The smallest absolute Gasteiger partial charge is 0.315 e. The predicted octanol–water partition coefficient (Wildman–Crippen LogP) is 2.79. The van der Waals surface area contributed by atoms with Crippen molar-refractivity contribution in [3.05, 3.63) is 57.3 Å². The van der Waals surface area contributed by atoms with Crippen LogP contribution in [0.1, 0.15) is 60.0 Å². The Labute approximate surface area is 164 Å². The summed E-state index contributed by atoms with van der Waals surface area (Å²) in [5.41, 5.74) is 1.77. The largest absolute Gasteiger partial charge is 0.501 e. The van der Waals surface area contributed by atoms with Crippen LogP contribution in [0.25, 0.3) is 0 Å². The summed E-state index contributed by atoms with van der Waals surface area (Å²) < 4.78 is 1.78. The van der Waals surface area contributed by atoms with Gasteiger partial charge in [-0.1, -0.05) is 42.7 Å². The lowest BCUT2D eigenvalue weighted by Gasteiger charge is -2.36. The van der Waals surface area contributed by atoms with Gasteiger partial charge in [0.2, 0.25) is 5.75 Å². The van der Waals surface area contributed by atoms with Gasteiger partial charge in [0.05, 0.1) is 0 Å². The first-order valence-electron chi connectivity index (χ1n) is 9.99. The molecule has 1 amide bonds. The van der Waals surface area contributed by atoms with Crippen molar-refractivity contribution in [2.75, 3.05) is 7.05 Å². The molecule has 0 bridgehead atoms. The van der Waals surface area contributed by atoms with Crippen molar-refractivity contribution in [3.63, 3.8) is 0 Å². The van der Waals surface area contributed by atoms with E-state index in [1.807, 2.05) is 6.92 Å². The number of aryl methyl sites for hydroxylation is 1. The predicted molar refractivity (Wildman–Crippen MR) is 107 cm³/mol. The second-order valence-corrected chi connectivity index (χ2v) is 8.44. The molecule has 0 spiro atoms. The number of likely N-dealkylation sites (N-methyl/N-ethyl adjacent to an activating group) is 1. The lowest BCUT2D eigenvalue weighted by atomic mass is 9.75. The number of aromatic hydroxyl groups is 1. The van der Waals surface area contributed by atoms with E-state index in [-0.39, 0.29) is 23.1 Å². The van der Waals surface area contributed by atoms with Gasteiger partial charge in [0.1, 0.15) is 5.82 Å². The molecule has 6 heteroatoms. The lowest BCUT2D eigenvalue weighted by Crippen LogP contribution is -2.47. The van der Waals surface area contributed by atoms with Crippen LogP contribution in [0.3, 0.4) is 0 Å². The summed E-state index contributed by atoms with van der Waals surface area (Å²) in [5.74, 6) is -0.258. The summed E-state index contributed by atoms with van der Waals surface area (Å²) >= 11 is 0. The molecule has 0 saturated heterocycles. The molecule has 28 heavy (non-hydrogen) atoms. The van der Waals surface area contributed by atoms with E-state index < -0.39 is 11.3 Å². The Morgan fingerprint density at radius 3 is 2.64 bits per heavy atom. The second kappa shape index (κ2) is 6.76. The van der Waals surface area contributed by atoms with Crippen molar-refractivity contribution in [1.82, 2.24) is 14.5 Å². The van der Waals surface area contributed by atoms with E-state index in [9.17, 15) is 14.7 Å². The average Bonchev–Trinajstić information content (AvgIpc) is 3.13. The molecule has 1 atom stereocenters. The molecule has 2 heterocycles. The van der Waals surface area contributed by atoms with Gasteiger partial charge in [-0.25, -0.2) is 0 Å². The number of nitrogens with zero attached hydrogens (tertiary/aromatic N) is 3. The van der Waals surface area contributed by atoms with E-state index in [0.717, 1.165) is 25.7 Å². The fraction of sp³-hybridized carbons (Fsp3) is 0.500. The highest BCUT2D eigenvalue weighted by Gasteiger charge is 2.39. The Morgan fingerprint density at radius 1 is 1.25 bits per heavy atom. The molecule has 1 N–H and O–H groups in total. The van der Waals surface area contributed by atoms with E-state index in [1.54, 1.807) is 16.5 Å². The third-order valence-corrected chi connectivity index (χ3v) is 6.56. The maximum Gasteiger partial charge on any atom is 0.315 e. The van der Waals surface area contributed by atoms with E-state index in [2.05, 4.69) is 36.2 Å². The van der Waals surface area contributed by atoms with Gasteiger partial charge in [-0.3, -0.25) is 9.59 Å². The number of hydrogen-bond acceptors (Lipinski definition) is 4. The maximum absolute atomic E-state index is 12.8. The lowest BCUT2D eigenvalue weighted by molar-refractivity contribution is 0.0660. The van der Waals surface area contributed by atoms with Crippen molar-refractivity contribution in [3.8, 4) is 5.75 Å². The molecule has 1 fully saturated rings. The molecule has 1 aliphatic carbocycles. The minimum atomic E-state index is -0.713. The summed E-state index contributed by atoms with van der Waals surface area (Å²) in [6.07, 6.45) is 4.95. The van der Waals surface area contributed by atoms with E-state index in [4.69, 9.17) is 0 Å². The van der Waals surface area contributed by atoms with Gasteiger partial charge in [0.25, 0.3) is 5.91 Å². The molecule has 0 radical (unpaired) electrons. The van der Waals surface area contributed by atoms with Crippen LogP contribution < -0.4 is 5.56 Å². The van der Waals surface area contributed by atoms with Crippen molar-refractivity contribution >= 4 is 5.91 Å². The molecule has 0 unspecified atom stereocenters. The molecule has 6 nitrogen and oxygen atoms in total. The summed E-state index contributed by atoms with van der Waals surface area (Å²) in [6.45, 7) is 4.58. The van der Waals surface area contributed by atoms with Gasteiger partial charge in [0, 0.05) is 31.5 Å². The SMILES string of the molecule is Cc1cccc(C2(Cc3nc(=O)c(O)c4n3C[C@H](C)N(C)C4=O)CCCC2)c1. The first-order chi connectivity index (χ1) is 13.3. The van der Waals surface area contributed by atoms with Crippen molar-refractivity contribution < 1.29 is 9.90 Å². The zero-order chi connectivity index (χ0) is 20.1. The third kappa shape index (κ3) is 2.91. The summed E-state index contributed by atoms with van der Waals surface area (Å²) in [4.78, 5) is 30.9. The minimum absolute atomic E-state index is 0.0269. The zero-order valence-electron chi connectivity index (χ0n) is 16.7. The summed E-state index contributed by atoms with van der Waals surface area (Å²) in [6, 6.07) is 8.53. The fourth-order valence-corrected chi connectivity index (χ4v) is 4.79. The van der Waals surface area contributed by atoms with Crippen LogP contribution in [-0.2, 0) is 18.4 Å². The Morgan fingerprint density at radius 2 is 1.96 bits per heavy atom. The number of benzene rings is 1. The van der Waals surface area contributed by atoms with Crippen LogP contribution >= 0.6 is 0 Å². The fourth-order valence-electron chi connectivity index (χ4n) is 4.79. The Hall–Kier alpha value is -2.63. The molecule has 148 valence electrons. The molecular weight excluding hydrogens is 354 g/mol. The van der Waals surface area contributed by atoms with Gasteiger partial charge >= 0.3 is 5.56 Å². The first-order valence-corrected chi connectivity index (χ1v) is 9.99. The van der Waals surface area contributed by atoms with E-state index >= 15 is 0 Å². The number of fused-ring (bicyclic) bond motifs is 1. The number of rotatable bonds is 3. The normalized spacial score (nSPS) is 21.0. The second-order valence-electron chi connectivity index (χ2n) is 8.44. The van der Waals surface area contributed by atoms with Gasteiger partial charge in [-0.2, -0.15) is 4.98 Å². The highest BCUT2D eigenvalue weighted by atomic mass is 16.3. The zero-order valence-corrected chi connectivity index (χ0v) is 16.7. The van der Waals surface area contributed by atoms with Crippen molar-refractivity contribution in [1.29, 1.82) is 0 Å². The highest BCUT2D eigenvalue weighted by molar-refractivity contribution is 5.95. The highest BCUT2D eigenvalue weighted by Crippen LogP contribution is 2.44. The topological polar surface area (TPSA) is 75.4 Å². The number of hydrogen-bond donors (Lipinski definition) is 1. The van der Waals surface area contributed by atoms with Crippen LogP contribution in [-0.4, -0.2) is 38.6 Å². The van der Waals surface area contributed by atoms with Gasteiger partial charge in [-0.15, -0.1) is 0 Å². The molecule has 1 saturated carbocycles.